The van der Waals surface area contributed by atoms with Gasteiger partial charge >= 0.3 is 0 Å². The Hall–Kier alpha value is -0.730. The summed E-state index contributed by atoms with van der Waals surface area (Å²) in [5, 5.41) is 0. The van der Waals surface area contributed by atoms with Crippen LogP contribution in [0.4, 0.5) is 0 Å². The predicted octanol–water partition coefficient (Wildman–Crippen LogP) is 2.23. The molecule has 0 aromatic carbocycles. The molecule has 0 radical (unpaired) electrons. The van der Waals surface area contributed by atoms with Crippen LogP contribution >= 0.6 is 0 Å². The molecule has 0 fully saturated rings. The van der Waals surface area contributed by atoms with Gasteiger partial charge in [0.15, 0.2) is 0 Å². The Kier molecular flexibility index (Phi) is 25.7. The van der Waals surface area contributed by atoms with E-state index in [1.165, 1.54) is 11.3 Å². The normalized spacial score (nSPS) is 10.5. The lowest BCUT2D eigenvalue weighted by Crippen LogP contribution is -2.22. The fourth-order valence-corrected chi connectivity index (χ4v) is 1.46. The molecule has 0 N–H and O–H groups in total. The van der Waals surface area contributed by atoms with Crippen molar-refractivity contribution in [2.24, 2.45) is 5.92 Å². The first-order chi connectivity index (χ1) is 12.6. The Morgan fingerprint density at radius 3 is 1.42 bits per heavy atom. The number of hydrogen-bond acceptors (Lipinski definition) is 6. The topological polar surface area (TPSA) is 66.5 Å². The predicted molar refractivity (Wildman–Crippen MR) is 104 cm³/mol. The van der Waals surface area contributed by atoms with Gasteiger partial charge < -0.3 is 28.6 Å². The molecule has 0 saturated carbocycles. The molecule has 0 aliphatic carbocycles. The number of carbonyl (C=O) groups excluding carboxylic acids is 1. The summed E-state index contributed by atoms with van der Waals surface area (Å²) >= 11 is 0. The van der Waals surface area contributed by atoms with Crippen LogP contribution in [0, 0.1) is 5.92 Å². The van der Waals surface area contributed by atoms with E-state index in [1.54, 1.807) is 7.05 Å². The third-order valence-electron chi connectivity index (χ3n) is 2.71. The molecule has 0 bridgehead atoms. The summed E-state index contributed by atoms with van der Waals surface area (Å²) < 4.78 is 26.8. The molecule has 0 atom stereocenters. The van der Waals surface area contributed by atoms with Gasteiger partial charge in [0.2, 0.25) is 6.41 Å². The maximum absolute atomic E-state index is 10.3. The average Bonchev–Trinajstić information content (AvgIpc) is 2.61. The number of nitrogens with zero attached hydrogens (tertiary/aromatic N) is 1. The second-order valence-corrected chi connectivity index (χ2v) is 6.21. The molecule has 0 aromatic heterocycles. The van der Waals surface area contributed by atoms with Crippen LogP contribution in [0.2, 0.25) is 0 Å². The Labute approximate surface area is 160 Å². The van der Waals surface area contributed by atoms with Crippen LogP contribution in [-0.4, -0.2) is 91.0 Å². The molecule has 0 aliphatic rings. The van der Waals surface area contributed by atoms with Gasteiger partial charge in [0.25, 0.3) is 0 Å². The van der Waals surface area contributed by atoms with Crippen molar-refractivity contribution < 1.29 is 28.5 Å². The lowest BCUT2D eigenvalue weighted by Gasteiger charge is -2.10. The molecule has 7 heteroatoms. The first-order valence-corrected chi connectivity index (χ1v) is 9.62. The van der Waals surface area contributed by atoms with Crippen molar-refractivity contribution in [2.45, 2.75) is 34.1 Å². The summed E-state index contributed by atoms with van der Waals surface area (Å²) in [5.41, 5.74) is 0. The minimum atomic E-state index is 0.520. The van der Waals surface area contributed by atoms with Crippen LogP contribution in [-0.2, 0) is 28.5 Å². The van der Waals surface area contributed by atoms with Crippen LogP contribution in [0.3, 0.4) is 0 Å². The highest BCUT2D eigenvalue weighted by atomic mass is 16.6. The van der Waals surface area contributed by atoms with Crippen molar-refractivity contribution in [2.75, 3.05) is 79.7 Å². The zero-order valence-corrected chi connectivity index (χ0v) is 17.5. The van der Waals surface area contributed by atoms with E-state index in [-0.39, 0.29) is 0 Å². The first-order valence-electron chi connectivity index (χ1n) is 9.62. The summed E-state index contributed by atoms with van der Waals surface area (Å²) in [5.74, 6) is 0.557. The summed E-state index contributed by atoms with van der Waals surface area (Å²) in [6.45, 7) is 14.9. The van der Waals surface area contributed by atoms with Crippen LogP contribution in [0.15, 0.2) is 0 Å². The SMILES string of the molecule is CC(C)COCCOCCOCCOCCOCCN(C)C=O.CCC. The molecule has 0 aromatic rings. The second kappa shape index (κ2) is 24.3. The highest BCUT2D eigenvalue weighted by Gasteiger charge is 1.96. The Balaban J connectivity index is 0. The third kappa shape index (κ3) is 28.1. The maximum Gasteiger partial charge on any atom is 0.209 e. The Morgan fingerprint density at radius 2 is 1.08 bits per heavy atom. The largest absolute Gasteiger partial charge is 0.379 e. The number of hydrogen-bond donors (Lipinski definition) is 0. The smallest absolute Gasteiger partial charge is 0.209 e. The molecule has 0 spiro atoms. The van der Waals surface area contributed by atoms with Crippen molar-refractivity contribution in [3.63, 3.8) is 0 Å². The van der Waals surface area contributed by atoms with E-state index >= 15 is 0 Å². The average molecular weight is 380 g/mol. The van der Waals surface area contributed by atoms with Crippen molar-refractivity contribution in [1.29, 1.82) is 0 Å². The van der Waals surface area contributed by atoms with Gasteiger partial charge in [-0.05, 0) is 5.92 Å². The second-order valence-electron chi connectivity index (χ2n) is 6.21. The highest BCUT2D eigenvalue weighted by molar-refractivity contribution is 5.46. The van der Waals surface area contributed by atoms with Gasteiger partial charge in [-0.2, -0.15) is 0 Å². The molecule has 1 amide bonds. The summed E-state index contributed by atoms with van der Waals surface area (Å²) in [4.78, 5) is 11.9. The molecule has 0 unspecified atom stereocenters. The standard InChI is InChI=1S/C16H33NO6.C3H8/c1-16(2)14-23-13-12-22-11-10-21-9-8-20-7-6-19-5-4-17(3)15-18;1-3-2/h15-16H,4-14H2,1-3H3;3H2,1-2H3. The van der Waals surface area contributed by atoms with E-state index < -0.39 is 0 Å². The fourth-order valence-electron chi connectivity index (χ4n) is 1.46. The molecule has 7 nitrogen and oxygen atoms in total. The number of likely N-dealkylation sites (N-methyl/N-ethyl adjacent to an activating group) is 1. The van der Waals surface area contributed by atoms with Crippen LogP contribution in [0.5, 0.6) is 0 Å². The molecular weight excluding hydrogens is 338 g/mol. The summed E-state index contributed by atoms with van der Waals surface area (Å²) in [7, 11) is 1.71. The van der Waals surface area contributed by atoms with E-state index in [0.717, 1.165) is 13.0 Å². The Bertz CT molecular complexity index is 266. The molecular formula is C19H41NO6. The lowest BCUT2D eigenvalue weighted by molar-refractivity contribution is -0.117. The molecule has 0 saturated heterocycles. The van der Waals surface area contributed by atoms with Crippen molar-refractivity contribution in [3.8, 4) is 0 Å². The molecule has 0 aliphatic heterocycles. The maximum atomic E-state index is 10.3. The van der Waals surface area contributed by atoms with Gasteiger partial charge in [0.05, 0.1) is 59.5 Å². The monoisotopic (exact) mass is 379 g/mol. The lowest BCUT2D eigenvalue weighted by atomic mass is 10.2. The third-order valence-corrected chi connectivity index (χ3v) is 2.71. The fraction of sp³-hybridized carbons (Fsp3) is 0.947. The van der Waals surface area contributed by atoms with Gasteiger partial charge in [-0.15, -0.1) is 0 Å². The van der Waals surface area contributed by atoms with E-state index in [9.17, 15) is 4.79 Å². The van der Waals surface area contributed by atoms with Gasteiger partial charge in [-0.25, -0.2) is 0 Å². The van der Waals surface area contributed by atoms with E-state index in [4.69, 9.17) is 23.7 Å². The van der Waals surface area contributed by atoms with Crippen molar-refractivity contribution in [1.82, 2.24) is 4.90 Å². The van der Waals surface area contributed by atoms with Crippen LogP contribution in [0.1, 0.15) is 34.1 Å². The Morgan fingerprint density at radius 1 is 0.731 bits per heavy atom. The number of amides is 1. The first kappa shape index (κ1) is 27.5. The van der Waals surface area contributed by atoms with Gasteiger partial charge in [0.1, 0.15) is 0 Å². The molecule has 0 rings (SSSR count). The van der Waals surface area contributed by atoms with E-state index in [2.05, 4.69) is 27.7 Å². The molecule has 0 heterocycles. The quantitative estimate of drug-likeness (QED) is 0.269. The number of rotatable bonds is 18. The minimum absolute atomic E-state index is 0.520. The van der Waals surface area contributed by atoms with Crippen molar-refractivity contribution >= 4 is 6.41 Å². The zero-order valence-electron chi connectivity index (χ0n) is 17.5. The minimum Gasteiger partial charge on any atom is -0.379 e. The highest BCUT2D eigenvalue weighted by Crippen LogP contribution is 1.91. The number of ether oxygens (including phenoxy) is 5. The van der Waals surface area contributed by atoms with Crippen LogP contribution in [0.25, 0.3) is 0 Å². The zero-order chi connectivity index (χ0) is 19.9. The number of carbonyl (C=O) groups is 1. The van der Waals surface area contributed by atoms with E-state index in [0.29, 0.717) is 71.9 Å². The van der Waals surface area contributed by atoms with E-state index in [1.807, 2.05) is 0 Å². The summed E-state index contributed by atoms with van der Waals surface area (Å²) in [6.07, 6.45) is 2.03. The van der Waals surface area contributed by atoms with Gasteiger partial charge in [0, 0.05) is 20.2 Å². The van der Waals surface area contributed by atoms with Crippen LogP contribution < -0.4 is 0 Å². The van der Waals surface area contributed by atoms with Crippen molar-refractivity contribution in [3.05, 3.63) is 0 Å². The molecule has 26 heavy (non-hydrogen) atoms. The molecule has 158 valence electrons. The van der Waals surface area contributed by atoms with Gasteiger partial charge in [-0.3, -0.25) is 4.79 Å². The van der Waals surface area contributed by atoms with Gasteiger partial charge in [-0.1, -0.05) is 34.1 Å². The summed E-state index contributed by atoms with van der Waals surface area (Å²) in [6, 6.07) is 0.